The summed E-state index contributed by atoms with van der Waals surface area (Å²) in [6, 6.07) is 19.1. The van der Waals surface area contributed by atoms with Crippen molar-refractivity contribution in [2.24, 2.45) is 0 Å². The molecule has 1 N–H and O–H groups in total. The molecule has 0 aliphatic rings. The zero-order valence-corrected chi connectivity index (χ0v) is 17.4. The lowest BCUT2D eigenvalue weighted by Crippen LogP contribution is -2.33. The number of carbonyl (C=O) groups is 1. The number of nitrogens with zero attached hydrogens (tertiary/aromatic N) is 2. The van der Waals surface area contributed by atoms with Crippen molar-refractivity contribution in [2.75, 3.05) is 25.9 Å². The van der Waals surface area contributed by atoms with Crippen LogP contribution in [0.1, 0.15) is 23.7 Å². The first kappa shape index (κ1) is 21.0. The van der Waals surface area contributed by atoms with E-state index in [4.69, 9.17) is 4.98 Å². The van der Waals surface area contributed by atoms with E-state index in [1.807, 2.05) is 60.7 Å². The SMILES string of the molecule is CCN(CCCNC(=O)c1cc(-c2ccccc2)nc2ccccc12)S(C)(=O)=O. The van der Waals surface area contributed by atoms with Crippen molar-refractivity contribution in [3.05, 3.63) is 66.2 Å². The number of nitrogens with one attached hydrogen (secondary N) is 1. The van der Waals surface area contributed by atoms with Gasteiger partial charge in [-0.05, 0) is 18.6 Å². The molecule has 0 saturated carbocycles. The summed E-state index contributed by atoms with van der Waals surface area (Å²) in [6.07, 6.45) is 1.74. The third-order valence-electron chi connectivity index (χ3n) is 4.72. The fraction of sp³-hybridized carbons (Fsp3) is 0.273. The number of aromatic nitrogens is 1. The molecule has 0 radical (unpaired) electrons. The predicted octanol–water partition coefficient (Wildman–Crippen LogP) is 3.30. The summed E-state index contributed by atoms with van der Waals surface area (Å²) in [6.45, 7) is 2.99. The highest BCUT2D eigenvalue weighted by molar-refractivity contribution is 7.88. The van der Waals surface area contributed by atoms with Crippen LogP contribution in [0.4, 0.5) is 0 Å². The third kappa shape index (κ3) is 5.19. The van der Waals surface area contributed by atoms with Gasteiger partial charge in [0, 0.05) is 30.6 Å². The maximum atomic E-state index is 12.9. The molecule has 0 spiro atoms. The molecule has 1 heterocycles. The normalized spacial score (nSPS) is 11.7. The quantitative estimate of drug-likeness (QED) is 0.577. The van der Waals surface area contributed by atoms with Crippen molar-refractivity contribution in [2.45, 2.75) is 13.3 Å². The number of hydrogen-bond donors (Lipinski definition) is 1. The van der Waals surface area contributed by atoms with Gasteiger partial charge >= 0.3 is 0 Å². The summed E-state index contributed by atoms with van der Waals surface area (Å²) in [4.78, 5) is 17.6. The molecule has 3 rings (SSSR count). The van der Waals surface area contributed by atoms with Crippen molar-refractivity contribution < 1.29 is 13.2 Å². The van der Waals surface area contributed by atoms with Crippen LogP contribution in [-0.2, 0) is 10.0 Å². The van der Waals surface area contributed by atoms with Crippen molar-refractivity contribution in [1.29, 1.82) is 0 Å². The summed E-state index contributed by atoms with van der Waals surface area (Å²) >= 11 is 0. The molecule has 0 aliphatic carbocycles. The van der Waals surface area contributed by atoms with Crippen LogP contribution in [0.2, 0.25) is 0 Å². The standard InChI is InChI=1S/C22H25N3O3S/c1-3-25(29(2,27)28)15-9-14-23-22(26)19-16-21(17-10-5-4-6-11-17)24-20-13-8-7-12-18(19)20/h4-8,10-13,16H,3,9,14-15H2,1-2H3,(H,23,26). The van der Waals surface area contributed by atoms with E-state index in [-0.39, 0.29) is 5.91 Å². The van der Waals surface area contributed by atoms with Gasteiger partial charge < -0.3 is 5.32 Å². The average Bonchev–Trinajstić information content (AvgIpc) is 2.72. The lowest BCUT2D eigenvalue weighted by molar-refractivity contribution is 0.0954. The second-order valence-electron chi connectivity index (χ2n) is 6.80. The first-order valence-electron chi connectivity index (χ1n) is 9.58. The fourth-order valence-electron chi connectivity index (χ4n) is 3.23. The van der Waals surface area contributed by atoms with Gasteiger partial charge in [-0.1, -0.05) is 55.5 Å². The Balaban J connectivity index is 1.78. The van der Waals surface area contributed by atoms with Crippen molar-refractivity contribution in [3.8, 4) is 11.3 Å². The molecule has 0 unspecified atom stereocenters. The van der Waals surface area contributed by atoms with Gasteiger partial charge in [0.2, 0.25) is 10.0 Å². The minimum atomic E-state index is -3.22. The number of amides is 1. The summed E-state index contributed by atoms with van der Waals surface area (Å²) in [5, 5.41) is 3.70. The Hall–Kier alpha value is -2.77. The summed E-state index contributed by atoms with van der Waals surface area (Å²) in [7, 11) is -3.22. The Morgan fingerprint density at radius 1 is 1.07 bits per heavy atom. The Labute approximate surface area is 171 Å². The van der Waals surface area contributed by atoms with Crippen LogP contribution in [0.3, 0.4) is 0 Å². The molecule has 1 aromatic heterocycles. The van der Waals surface area contributed by atoms with Crippen LogP contribution in [-0.4, -0.2) is 49.5 Å². The largest absolute Gasteiger partial charge is 0.352 e. The van der Waals surface area contributed by atoms with E-state index < -0.39 is 10.0 Å². The van der Waals surface area contributed by atoms with E-state index in [9.17, 15) is 13.2 Å². The van der Waals surface area contributed by atoms with Crippen molar-refractivity contribution in [1.82, 2.24) is 14.6 Å². The van der Waals surface area contributed by atoms with Gasteiger partial charge in [0.15, 0.2) is 0 Å². The van der Waals surface area contributed by atoms with E-state index in [2.05, 4.69) is 5.32 Å². The molecule has 6 nitrogen and oxygen atoms in total. The number of rotatable bonds is 8. The van der Waals surface area contributed by atoms with Gasteiger partial charge in [0.05, 0.1) is 23.0 Å². The molecule has 0 fully saturated rings. The van der Waals surface area contributed by atoms with Gasteiger partial charge in [-0.3, -0.25) is 4.79 Å². The number of sulfonamides is 1. The first-order valence-corrected chi connectivity index (χ1v) is 11.4. The minimum absolute atomic E-state index is 0.191. The molecule has 3 aromatic rings. The summed E-state index contributed by atoms with van der Waals surface area (Å²) < 4.78 is 24.7. The van der Waals surface area contributed by atoms with Crippen LogP contribution in [0, 0.1) is 0 Å². The van der Waals surface area contributed by atoms with E-state index in [0.717, 1.165) is 22.2 Å². The molecule has 0 saturated heterocycles. The van der Waals surface area contributed by atoms with E-state index in [1.165, 1.54) is 10.6 Å². The molecule has 29 heavy (non-hydrogen) atoms. The van der Waals surface area contributed by atoms with E-state index in [1.54, 1.807) is 6.92 Å². The van der Waals surface area contributed by atoms with Gasteiger partial charge in [-0.2, -0.15) is 0 Å². The molecule has 0 atom stereocenters. The number of para-hydroxylation sites is 1. The maximum absolute atomic E-state index is 12.9. The van der Waals surface area contributed by atoms with Crippen LogP contribution in [0.5, 0.6) is 0 Å². The number of hydrogen-bond acceptors (Lipinski definition) is 4. The van der Waals surface area contributed by atoms with Crippen molar-refractivity contribution in [3.63, 3.8) is 0 Å². The monoisotopic (exact) mass is 411 g/mol. The van der Waals surface area contributed by atoms with E-state index >= 15 is 0 Å². The van der Waals surface area contributed by atoms with Gasteiger partial charge in [-0.15, -0.1) is 0 Å². The lowest BCUT2D eigenvalue weighted by atomic mass is 10.0. The molecule has 1 amide bonds. The number of pyridine rings is 1. The average molecular weight is 412 g/mol. The van der Waals surface area contributed by atoms with Crippen LogP contribution < -0.4 is 5.32 Å². The lowest BCUT2D eigenvalue weighted by Gasteiger charge is -2.17. The third-order valence-corrected chi connectivity index (χ3v) is 6.10. The summed E-state index contributed by atoms with van der Waals surface area (Å²) in [5.74, 6) is -0.191. The van der Waals surface area contributed by atoms with Crippen LogP contribution >= 0.6 is 0 Å². The number of benzene rings is 2. The Kier molecular flexibility index (Phi) is 6.61. The van der Waals surface area contributed by atoms with Crippen LogP contribution in [0.25, 0.3) is 22.2 Å². The van der Waals surface area contributed by atoms with Gasteiger partial charge in [0.25, 0.3) is 5.91 Å². The first-order chi connectivity index (χ1) is 13.9. The Morgan fingerprint density at radius 3 is 2.45 bits per heavy atom. The van der Waals surface area contributed by atoms with Crippen molar-refractivity contribution >= 4 is 26.8 Å². The maximum Gasteiger partial charge on any atom is 0.252 e. The summed E-state index contributed by atoms with van der Waals surface area (Å²) in [5.41, 5.74) is 3.00. The molecule has 2 aromatic carbocycles. The molecule has 0 bridgehead atoms. The Bertz CT molecular complexity index is 1100. The molecular formula is C22H25N3O3S. The molecule has 152 valence electrons. The van der Waals surface area contributed by atoms with Gasteiger partial charge in [0.1, 0.15) is 0 Å². The van der Waals surface area contributed by atoms with E-state index in [0.29, 0.717) is 31.6 Å². The predicted molar refractivity (Wildman–Crippen MR) is 116 cm³/mol. The zero-order valence-electron chi connectivity index (χ0n) is 16.6. The molecule has 7 heteroatoms. The molecule has 0 aliphatic heterocycles. The fourth-order valence-corrected chi connectivity index (χ4v) is 4.16. The second kappa shape index (κ2) is 9.15. The highest BCUT2D eigenvalue weighted by atomic mass is 32.2. The highest BCUT2D eigenvalue weighted by Gasteiger charge is 2.15. The topological polar surface area (TPSA) is 79.4 Å². The highest BCUT2D eigenvalue weighted by Crippen LogP contribution is 2.24. The van der Waals surface area contributed by atoms with Gasteiger partial charge in [-0.25, -0.2) is 17.7 Å². The smallest absolute Gasteiger partial charge is 0.252 e. The molecular weight excluding hydrogens is 386 g/mol. The minimum Gasteiger partial charge on any atom is -0.352 e. The van der Waals surface area contributed by atoms with Crippen LogP contribution in [0.15, 0.2) is 60.7 Å². The number of carbonyl (C=O) groups excluding carboxylic acids is 1. The second-order valence-corrected chi connectivity index (χ2v) is 8.78. The Morgan fingerprint density at radius 2 is 1.76 bits per heavy atom. The zero-order chi connectivity index (χ0) is 20.9. The number of fused-ring (bicyclic) bond motifs is 1.